The van der Waals surface area contributed by atoms with E-state index in [4.69, 9.17) is 5.26 Å². The largest absolute Gasteiger partial charge is 0.299 e. The summed E-state index contributed by atoms with van der Waals surface area (Å²) in [6.07, 6.45) is 1.18. The molecule has 1 aliphatic rings. The second-order valence-corrected chi connectivity index (χ2v) is 3.99. The molecule has 1 unspecified atom stereocenters. The number of nitrogens with zero attached hydrogens (tertiary/aromatic N) is 2. The van der Waals surface area contributed by atoms with Crippen molar-refractivity contribution in [3.8, 4) is 6.07 Å². The van der Waals surface area contributed by atoms with Crippen molar-refractivity contribution in [3.05, 3.63) is 34.9 Å². The van der Waals surface area contributed by atoms with E-state index in [1.165, 1.54) is 17.5 Å². The van der Waals surface area contributed by atoms with E-state index in [0.29, 0.717) is 6.04 Å². The van der Waals surface area contributed by atoms with Crippen molar-refractivity contribution in [2.75, 3.05) is 13.6 Å². The fourth-order valence-electron chi connectivity index (χ4n) is 1.97. The average molecular weight is 186 g/mol. The first kappa shape index (κ1) is 9.23. The van der Waals surface area contributed by atoms with Crippen molar-refractivity contribution in [1.82, 2.24) is 4.90 Å². The monoisotopic (exact) mass is 186 g/mol. The maximum absolute atomic E-state index is 9.00. The Morgan fingerprint density at radius 1 is 1.50 bits per heavy atom. The van der Waals surface area contributed by atoms with Gasteiger partial charge < -0.3 is 0 Å². The van der Waals surface area contributed by atoms with Crippen LogP contribution in [0.1, 0.15) is 29.2 Å². The first-order chi connectivity index (χ1) is 6.72. The van der Waals surface area contributed by atoms with Crippen LogP contribution in [0.5, 0.6) is 0 Å². The van der Waals surface area contributed by atoms with Crippen molar-refractivity contribution >= 4 is 0 Å². The van der Waals surface area contributed by atoms with Crippen LogP contribution in [0.3, 0.4) is 0 Å². The molecule has 1 saturated heterocycles. The summed E-state index contributed by atoms with van der Waals surface area (Å²) < 4.78 is 0. The Kier molecular flexibility index (Phi) is 2.26. The van der Waals surface area contributed by atoms with E-state index >= 15 is 0 Å². The number of benzene rings is 1. The molecule has 2 heteroatoms. The van der Waals surface area contributed by atoms with Gasteiger partial charge in [-0.3, -0.25) is 4.90 Å². The van der Waals surface area contributed by atoms with Crippen molar-refractivity contribution in [1.29, 1.82) is 5.26 Å². The molecule has 72 valence electrons. The zero-order chi connectivity index (χ0) is 10.1. The molecule has 2 nitrogen and oxygen atoms in total. The summed E-state index contributed by atoms with van der Waals surface area (Å²) in [6.45, 7) is 3.22. The van der Waals surface area contributed by atoms with Crippen LogP contribution < -0.4 is 0 Å². The van der Waals surface area contributed by atoms with Crippen LogP contribution in [0.2, 0.25) is 0 Å². The summed E-state index contributed by atoms with van der Waals surface area (Å²) in [4.78, 5) is 2.29. The SMILES string of the molecule is Cc1ccc(C#N)c(C2CCN2C)c1. The van der Waals surface area contributed by atoms with E-state index in [1.54, 1.807) is 0 Å². The molecule has 0 N–H and O–H groups in total. The van der Waals surface area contributed by atoms with Crippen LogP contribution in [0.25, 0.3) is 0 Å². The highest BCUT2D eigenvalue weighted by Gasteiger charge is 2.27. The van der Waals surface area contributed by atoms with Gasteiger partial charge in [0, 0.05) is 12.6 Å². The van der Waals surface area contributed by atoms with E-state index in [1.807, 2.05) is 12.1 Å². The molecule has 1 aromatic carbocycles. The zero-order valence-corrected chi connectivity index (χ0v) is 8.62. The Bertz CT molecular complexity index is 390. The van der Waals surface area contributed by atoms with Gasteiger partial charge in [0.15, 0.2) is 0 Å². The highest BCUT2D eigenvalue weighted by atomic mass is 15.2. The molecule has 0 aliphatic carbocycles. The predicted molar refractivity (Wildman–Crippen MR) is 55.9 cm³/mol. The van der Waals surface area contributed by atoms with Gasteiger partial charge in [-0.15, -0.1) is 0 Å². The van der Waals surface area contributed by atoms with Crippen molar-refractivity contribution in [3.63, 3.8) is 0 Å². The van der Waals surface area contributed by atoms with Gasteiger partial charge in [0.1, 0.15) is 0 Å². The van der Waals surface area contributed by atoms with Gasteiger partial charge >= 0.3 is 0 Å². The van der Waals surface area contributed by atoms with Gasteiger partial charge in [0.2, 0.25) is 0 Å². The molecular weight excluding hydrogens is 172 g/mol. The van der Waals surface area contributed by atoms with Crippen molar-refractivity contribution in [2.45, 2.75) is 19.4 Å². The Morgan fingerprint density at radius 3 is 2.79 bits per heavy atom. The summed E-state index contributed by atoms with van der Waals surface area (Å²) in [6, 6.07) is 8.79. The molecule has 0 saturated carbocycles. The van der Waals surface area contributed by atoms with Crippen LogP contribution in [-0.4, -0.2) is 18.5 Å². The molecule has 0 amide bonds. The van der Waals surface area contributed by atoms with Gasteiger partial charge in [-0.1, -0.05) is 17.7 Å². The van der Waals surface area contributed by atoms with Gasteiger partial charge in [-0.25, -0.2) is 0 Å². The number of nitriles is 1. The predicted octanol–water partition coefficient (Wildman–Crippen LogP) is 2.24. The molecule has 1 heterocycles. The van der Waals surface area contributed by atoms with E-state index in [9.17, 15) is 0 Å². The number of rotatable bonds is 1. The molecule has 0 radical (unpaired) electrons. The number of likely N-dealkylation sites (tertiary alicyclic amines) is 1. The minimum absolute atomic E-state index is 0.463. The molecule has 1 aliphatic heterocycles. The molecule has 0 bridgehead atoms. The summed E-state index contributed by atoms with van der Waals surface area (Å²) in [5, 5.41) is 9.00. The Labute approximate surface area is 84.8 Å². The first-order valence-corrected chi connectivity index (χ1v) is 4.93. The molecule has 1 fully saturated rings. The van der Waals surface area contributed by atoms with E-state index in [-0.39, 0.29) is 0 Å². The Balaban J connectivity index is 2.40. The van der Waals surface area contributed by atoms with Crippen LogP contribution in [0, 0.1) is 18.3 Å². The lowest BCUT2D eigenvalue weighted by Crippen LogP contribution is -2.37. The van der Waals surface area contributed by atoms with Crippen LogP contribution in [0.4, 0.5) is 0 Å². The number of hydrogen-bond donors (Lipinski definition) is 0. The summed E-state index contributed by atoms with van der Waals surface area (Å²) in [5.41, 5.74) is 3.26. The summed E-state index contributed by atoms with van der Waals surface area (Å²) in [7, 11) is 2.11. The van der Waals surface area contributed by atoms with Gasteiger partial charge in [0.05, 0.1) is 11.6 Å². The van der Waals surface area contributed by atoms with E-state index in [0.717, 1.165) is 12.1 Å². The minimum Gasteiger partial charge on any atom is -0.299 e. The van der Waals surface area contributed by atoms with Crippen LogP contribution in [0.15, 0.2) is 18.2 Å². The fraction of sp³-hybridized carbons (Fsp3) is 0.417. The average Bonchev–Trinajstić information content (AvgIpc) is 2.16. The van der Waals surface area contributed by atoms with Gasteiger partial charge in [-0.2, -0.15) is 5.26 Å². The highest BCUT2D eigenvalue weighted by molar-refractivity contribution is 5.42. The smallest absolute Gasteiger partial charge is 0.0995 e. The van der Waals surface area contributed by atoms with Crippen molar-refractivity contribution in [2.24, 2.45) is 0 Å². The number of hydrogen-bond acceptors (Lipinski definition) is 2. The quantitative estimate of drug-likeness (QED) is 0.672. The third-order valence-electron chi connectivity index (χ3n) is 2.97. The first-order valence-electron chi connectivity index (χ1n) is 4.93. The standard InChI is InChI=1S/C12H14N2/c1-9-3-4-10(8-13)11(7-9)12-5-6-14(12)2/h3-4,7,12H,5-6H2,1-2H3. The molecule has 0 aromatic heterocycles. The second-order valence-electron chi connectivity index (χ2n) is 3.99. The topological polar surface area (TPSA) is 27.0 Å². The van der Waals surface area contributed by atoms with Crippen LogP contribution >= 0.6 is 0 Å². The minimum atomic E-state index is 0.463. The van der Waals surface area contributed by atoms with E-state index < -0.39 is 0 Å². The summed E-state index contributed by atoms with van der Waals surface area (Å²) in [5.74, 6) is 0. The normalized spacial score (nSPS) is 21.4. The third-order valence-corrected chi connectivity index (χ3v) is 2.97. The lowest BCUT2D eigenvalue weighted by molar-refractivity contribution is 0.127. The van der Waals surface area contributed by atoms with Gasteiger partial charge in [0.25, 0.3) is 0 Å². The summed E-state index contributed by atoms with van der Waals surface area (Å²) >= 11 is 0. The van der Waals surface area contributed by atoms with Crippen molar-refractivity contribution < 1.29 is 0 Å². The number of aryl methyl sites for hydroxylation is 1. The van der Waals surface area contributed by atoms with E-state index in [2.05, 4.69) is 31.0 Å². The Hall–Kier alpha value is -1.33. The third kappa shape index (κ3) is 1.40. The molecule has 0 spiro atoms. The molecule has 1 aromatic rings. The van der Waals surface area contributed by atoms with Gasteiger partial charge in [-0.05, 0) is 32.0 Å². The maximum Gasteiger partial charge on any atom is 0.0995 e. The highest BCUT2D eigenvalue weighted by Crippen LogP contribution is 2.33. The molecular formula is C12H14N2. The molecule has 14 heavy (non-hydrogen) atoms. The lowest BCUT2D eigenvalue weighted by atomic mass is 9.91. The molecule has 1 atom stereocenters. The zero-order valence-electron chi connectivity index (χ0n) is 8.62. The maximum atomic E-state index is 9.00. The Morgan fingerprint density at radius 2 is 2.29 bits per heavy atom. The lowest BCUT2D eigenvalue weighted by Gasteiger charge is -2.38. The fourth-order valence-corrected chi connectivity index (χ4v) is 1.97. The molecule has 2 rings (SSSR count). The second kappa shape index (κ2) is 3.43. The van der Waals surface area contributed by atoms with Crippen LogP contribution in [-0.2, 0) is 0 Å².